The van der Waals surface area contributed by atoms with Gasteiger partial charge in [0.1, 0.15) is 5.75 Å². The maximum absolute atomic E-state index is 12.8. The van der Waals surface area contributed by atoms with Crippen LogP contribution in [-0.2, 0) is 4.79 Å². The van der Waals surface area contributed by atoms with Gasteiger partial charge in [0.15, 0.2) is 8.24 Å². The van der Waals surface area contributed by atoms with Crippen LogP contribution in [0.3, 0.4) is 0 Å². The number of rotatable bonds is 4. The first kappa shape index (κ1) is 18.8. The van der Waals surface area contributed by atoms with Gasteiger partial charge in [-0.1, -0.05) is 19.6 Å². The summed E-state index contributed by atoms with van der Waals surface area (Å²) in [5.74, 6) is -1.21. The summed E-state index contributed by atoms with van der Waals surface area (Å²) in [6.07, 6.45) is -4.88. The van der Waals surface area contributed by atoms with Crippen molar-refractivity contribution in [2.45, 2.75) is 45.5 Å². The van der Waals surface area contributed by atoms with Gasteiger partial charge < -0.3 is 8.99 Å². The second-order valence-corrected chi connectivity index (χ2v) is 16.2. The van der Waals surface area contributed by atoms with E-state index in [2.05, 4.69) is 0 Å². The normalized spacial score (nSPS) is 13.0. The number of hydrogen-bond donors (Lipinski definition) is 0. The molecule has 0 bridgehead atoms. The molecule has 1 aromatic carbocycles. The first-order valence-electron chi connectivity index (χ1n) is 6.92. The number of anilines is 1. The maximum atomic E-state index is 12.8. The van der Waals surface area contributed by atoms with Crippen molar-refractivity contribution in [3.8, 4) is 5.75 Å². The van der Waals surface area contributed by atoms with E-state index in [-0.39, 0.29) is 5.69 Å². The van der Waals surface area contributed by atoms with Crippen LogP contribution in [0.25, 0.3) is 0 Å². The molecule has 0 aromatic heterocycles. The van der Waals surface area contributed by atoms with E-state index in [9.17, 15) is 18.0 Å². The Morgan fingerprint density at radius 2 is 1.45 bits per heavy atom. The molecule has 0 N–H and O–H groups in total. The van der Waals surface area contributed by atoms with Gasteiger partial charge in [0, 0.05) is 5.69 Å². The highest BCUT2D eigenvalue weighted by Crippen LogP contribution is 2.30. The average molecular weight is 350 g/mol. The standard InChI is InChI=1S/C14H22F3NO2Si2/c1-21(2,3)18(13(19)14(15,16)17)11-7-9-12(10-8-11)20-22(4,5)6/h7-10H,1-6H3. The number of hydrogen-bond acceptors (Lipinski definition) is 2. The van der Waals surface area contributed by atoms with Crippen molar-refractivity contribution in [1.29, 1.82) is 0 Å². The molecule has 0 unspecified atom stereocenters. The third kappa shape index (κ3) is 5.17. The van der Waals surface area contributed by atoms with Crippen molar-refractivity contribution in [3.63, 3.8) is 0 Å². The zero-order valence-corrected chi connectivity index (χ0v) is 15.7. The highest BCUT2D eigenvalue weighted by molar-refractivity contribution is 6.83. The van der Waals surface area contributed by atoms with Crippen molar-refractivity contribution in [2.24, 2.45) is 0 Å². The zero-order chi connectivity index (χ0) is 17.3. The monoisotopic (exact) mass is 349 g/mol. The Labute approximate surface area is 131 Å². The highest BCUT2D eigenvalue weighted by Gasteiger charge is 2.46. The van der Waals surface area contributed by atoms with Gasteiger partial charge in [-0.25, -0.2) is 0 Å². The van der Waals surface area contributed by atoms with Crippen molar-refractivity contribution in [1.82, 2.24) is 0 Å². The van der Waals surface area contributed by atoms with E-state index in [1.165, 1.54) is 12.1 Å². The quantitative estimate of drug-likeness (QED) is 0.742. The van der Waals surface area contributed by atoms with Gasteiger partial charge in [-0.3, -0.25) is 4.79 Å². The van der Waals surface area contributed by atoms with Crippen LogP contribution >= 0.6 is 0 Å². The molecule has 8 heteroatoms. The fourth-order valence-corrected chi connectivity index (χ4v) is 4.46. The third-order valence-electron chi connectivity index (χ3n) is 2.64. The molecule has 0 spiro atoms. The SMILES string of the molecule is C[Si](C)(C)Oc1ccc(N(C(=O)C(F)(F)F)[Si](C)(C)C)cc1. The summed E-state index contributed by atoms with van der Waals surface area (Å²) in [6.45, 7) is 11.1. The molecule has 0 saturated heterocycles. The Morgan fingerprint density at radius 1 is 1.00 bits per heavy atom. The lowest BCUT2D eigenvalue weighted by Crippen LogP contribution is -2.54. The molecule has 1 aromatic rings. The lowest BCUT2D eigenvalue weighted by molar-refractivity contribution is -0.169. The summed E-state index contributed by atoms with van der Waals surface area (Å²) in [5.41, 5.74) is 0.254. The first-order valence-corrected chi connectivity index (χ1v) is 13.8. The van der Waals surface area contributed by atoms with E-state index < -0.39 is 28.6 Å². The van der Waals surface area contributed by atoms with Gasteiger partial charge in [0.25, 0.3) is 0 Å². The van der Waals surface area contributed by atoms with Crippen LogP contribution in [0, 0.1) is 0 Å². The molecule has 0 heterocycles. The molecule has 0 aliphatic rings. The highest BCUT2D eigenvalue weighted by atomic mass is 28.4. The molecule has 0 saturated carbocycles. The van der Waals surface area contributed by atoms with Gasteiger partial charge >= 0.3 is 12.1 Å². The number of carbonyl (C=O) groups is 1. The van der Waals surface area contributed by atoms with Crippen molar-refractivity contribution in [2.75, 3.05) is 4.57 Å². The molecule has 0 radical (unpaired) electrons. The molecule has 22 heavy (non-hydrogen) atoms. The summed E-state index contributed by atoms with van der Waals surface area (Å²) in [7, 11) is -4.32. The average Bonchev–Trinajstić information content (AvgIpc) is 2.26. The van der Waals surface area contributed by atoms with Crippen LogP contribution in [0.2, 0.25) is 39.3 Å². The van der Waals surface area contributed by atoms with E-state index in [1.807, 2.05) is 19.6 Å². The van der Waals surface area contributed by atoms with Crippen LogP contribution in [0.5, 0.6) is 5.75 Å². The number of amides is 1. The molecular weight excluding hydrogens is 327 g/mol. The number of benzene rings is 1. The van der Waals surface area contributed by atoms with Gasteiger partial charge in [-0.05, 0) is 43.9 Å². The van der Waals surface area contributed by atoms with Crippen LogP contribution in [0.15, 0.2) is 24.3 Å². The van der Waals surface area contributed by atoms with E-state index in [0.29, 0.717) is 5.75 Å². The minimum atomic E-state index is -4.88. The van der Waals surface area contributed by atoms with E-state index in [0.717, 1.165) is 4.57 Å². The van der Waals surface area contributed by atoms with Crippen molar-refractivity contribution >= 4 is 28.1 Å². The Morgan fingerprint density at radius 3 is 1.77 bits per heavy atom. The molecule has 124 valence electrons. The Hall–Kier alpha value is -1.29. The summed E-state index contributed by atoms with van der Waals surface area (Å²) < 4.78 is 45.2. The predicted octanol–water partition coefficient (Wildman–Crippen LogP) is 4.63. The van der Waals surface area contributed by atoms with E-state index >= 15 is 0 Å². The minimum Gasteiger partial charge on any atom is -0.544 e. The number of nitrogens with zero attached hydrogens (tertiary/aromatic N) is 1. The zero-order valence-electron chi connectivity index (χ0n) is 13.7. The molecule has 3 nitrogen and oxygen atoms in total. The van der Waals surface area contributed by atoms with E-state index in [4.69, 9.17) is 4.43 Å². The third-order valence-corrected chi connectivity index (χ3v) is 5.29. The van der Waals surface area contributed by atoms with Crippen molar-refractivity contribution in [3.05, 3.63) is 24.3 Å². The Bertz CT molecular complexity index is 531. The molecular formula is C14H22F3NO2Si2. The van der Waals surface area contributed by atoms with Gasteiger partial charge in [-0.15, -0.1) is 0 Å². The van der Waals surface area contributed by atoms with Crippen LogP contribution in [0.4, 0.5) is 18.9 Å². The smallest absolute Gasteiger partial charge is 0.470 e. The summed E-state index contributed by atoms with van der Waals surface area (Å²) in [4.78, 5) is 11.7. The predicted molar refractivity (Wildman–Crippen MR) is 87.3 cm³/mol. The molecule has 1 rings (SSSR count). The summed E-state index contributed by atoms with van der Waals surface area (Å²) in [5, 5.41) is 0. The number of alkyl halides is 3. The maximum Gasteiger partial charge on any atom is 0.470 e. The fourth-order valence-electron chi connectivity index (χ4n) is 1.95. The Kier molecular flexibility index (Phi) is 5.18. The Balaban J connectivity index is 3.15. The van der Waals surface area contributed by atoms with Gasteiger partial charge in [0.05, 0.1) is 0 Å². The first-order chi connectivity index (χ1) is 9.72. The molecule has 0 fully saturated rings. The summed E-state index contributed by atoms with van der Waals surface area (Å²) >= 11 is 0. The second kappa shape index (κ2) is 6.07. The van der Waals surface area contributed by atoms with Crippen molar-refractivity contribution < 1.29 is 22.4 Å². The number of halogens is 3. The van der Waals surface area contributed by atoms with Crippen LogP contribution in [0.1, 0.15) is 0 Å². The van der Waals surface area contributed by atoms with E-state index in [1.54, 1.807) is 31.8 Å². The lowest BCUT2D eigenvalue weighted by Gasteiger charge is -2.35. The molecule has 1 amide bonds. The minimum absolute atomic E-state index is 0.254. The largest absolute Gasteiger partial charge is 0.544 e. The number of carbonyl (C=O) groups excluding carboxylic acids is 1. The lowest BCUT2D eigenvalue weighted by atomic mass is 10.3. The topological polar surface area (TPSA) is 29.5 Å². The second-order valence-electron chi connectivity index (χ2n) is 7.02. The summed E-state index contributed by atoms with van der Waals surface area (Å²) in [6, 6.07) is 6.25. The molecule has 0 atom stereocenters. The van der Waals surface area contributed by atoms with Gasteiger partial charge in [0.2, 0.25) is 8.32 Å². The van der Waals surface area contributed by atoms with Crippen LogP contribution in [-0.4, -0.2) is 28.6 Å². The van der Waals surface area contributed by atoms with Crippen LogP contribution < -0.4 is 8.99 Å². The molecule has 0 aliphatic heterocycles. The fraction of sp³-hybridized carbons (Fsp3) is 0.500. The van der Waals surface area contributed by atoms with Gasteiger partial charge in [-0.2, -0.15) is 13.2 Å². The molecule has 0 aliphatic carbocycles.